The van der Waals surface area contributed by atoms with Gasteiger partial charge >= 0.3 is 0 Å². The van der Waals surface area contributed by atoms with E-state index in [0.29, 0.717) is 15.8 Å². The van der Waals surface area contributed by atoms with Gasteiger partial charge in [0.25, 0.3) is 0 Å². The molecular formula is C12H11ClN2OS. The molecule has 0 bridgehead atoms. The van der Waals surface area contributed by atoms with E-state index < -0.39 is 0 Å². The van der Waals surface area contributed by atoms with Crippen molar-refractivity contribution in [3.05, 3.63) is 39.9 Å². The second kappa shape index (κ2) is 4.85. The highest BCUT2D eigenvalue weighted by Gasteiger charge is 2.07. The third-order valence-electron chi connectivity index (χ3n) is 2.31. The van der Waals surface area contributed by atoms with Crippen LogP contribution in [0.15, 0.2) is 23.6 Å². The van der Waals surface area contributed by atoms with Crippen LogP contribution in [0.4, 0.5) is 10.8 Å². The molecule has 0 radical (unpaired) electrons. The molecule has 0 spiro atoms. The van der Waals surface area contributed by atoms with Gasteiger partial charge in [-0.2, -0.15) is 0 Å². The quantitative estimate of drug-likeness (QED) is 0.852. The summed E-state index contributed by atoms with van der Waals surface area (Å²) in [6, 6.07) is 5.61. The Bertz CT molecular complexity index is 565. The number of hydrogen-bond acceptors (Lipinski definition) is 4. The van der Waals surface area contributed by atoms with Gasteiger partial charge < -0.3 is 5.32 Å². The predicted molar refractivity (Wildman–Crippen MR) is 71.6 cm³/mol. The van der Waals surface area contributed by atoms with E-state index in [1.54, 1.807) is 5.38 Å². The number of carbonyl (C=O) groups is 1. The molecule has 0 aliphatic carbocycles. The Morgan fingerprint density at radius 1 is 1.47 bits per heavy atom. The van der Waals surface area contributed by atoms with E-state index in [-0.39, 0.29) is 5.78 Å². The second-order valence-corrected chi connectivity index (χ2v) is 4.97. The van der Waals surface area contributed by atoms with Gasteiger partial charge in [0.05, 0.1) is 0 Å². The van der Waals surface area contributed by atoms with Crippen molar-refractivity contribution in [2.75, 3.05) is 5.32 Å². The van der Waals surface area contributed by atoms with Gasteiger partial charge in [-0.05, 0) is 24.6 Å². The Hall–Kier alpha value is -1.39. The number of carbonyl (C=O) groups excluding carboxylic acids is 1. The molecule has 0 amide bonds. The molecule has 0 saturated heterocycles. The average molecular weight is 267 g/mol. The number of benzene rings is 1. The number of ketones is 1. The number of Topliss-reactive ketones (excluding diaryl/α,β-unsaturated/α-hetero) is 1. The fraction of sp³-hybridized carbons (Fsp3) is 0.167. The van der Waals surface area contributed by atoms with E-state index in [1.165, 1.54) is 18.3 Å². The maximum Gasteiger partial charge on any atom is 0.187 e. The fourth-order valence-electron chi connectivity index (χ4n) is 1.34. The molecule has 17 heavy (non-hydrogen) atoms. The molecule has 0 unspecified atom stereocenters. The van der Waals surface area contributed by atoms with E-state index in [0.717, 1.165) is 11.3 Å². The first-order valence-electron chi connectivity index (χ1n) is 5.06. The number of nitrogens with zero attached hydrogens (tertiary/aromatic N) is 1. The van der Waals surface area contributed by atoms with E-state index >= 15 is 0 Å². The summed E-state index contributed by atoms with van der Waals surface area (Å²) in [6.45, 7) is 3.49. The first-order valence-corrected chi connectivity index (χ1v) is 6.31. The van der Waals surface area contributed by atoms with Crippen LogP contribution >= 0.6 is 22.9 Å². The van der Waals surface area contributed by atoms with Gasteiger partial charge in [0.2, 0.25) is 0 Å². The number of thiazole rings is 1. The van der Waals surface area contributed by atoms with Crippen LogP contribution < -0.4 is 5.32 Å². The van der Waals surface area contributed by atoms with Crippen LogP contribution in [0.3, 0.4) is 0 Å². The molecule has 0 aliphatic heterocycles. The number of nitrogens with one attached hydrogen (secondary N) is 1. The Morgan fingerprint density at radius 2 is 2.24 bits per heavy atom. The molecule has 3 nitrogen and oxygen atoms in total. The first kappa shape index (κ1) is 12.1. The number of rotatable bonds is 3. The summed E-state index contributed by atoms with van der Waals surface area (Å²) >= 11 is 7.33. The smallest absolute Gasteiger partial charge is 0.187 e. The van der Waals surface area contributed by atoms with Crippen molar-refractivity contribution in [1.29, 1.82) is 0 Å². The molecule has 0 saturated carbocycles. The summed E-state index contributed by atoms with van der Waals surface area (Å²) in [5, 5.41) is 6.26. The third-order valence-corrected chi connectivity index (χ3v) is 3.30. The molecule has 1 aromatic carbocycles. The zero-order valence-corrected chi connectivity index (χ0v) is 11.0. The molecule has 2 aromatic rings. The first-order chi connectivity index (χ1) is 8.06. The van der Waals surface area contributed by atoms with E-state index in [2.05, 4.69) is 10.3 Å². The lowest BCUT2D eigenvalue weighted by molar-refractivity contribution is 0.101. The van der Waals surface area contributed by atoms with Crippen molar-refractivity contribution in [1.82, 2.24) is 4.98 Å². The molecular weight excluding hydrogens is 256 g/mol. The van der Waals surface area contributed by atoms with E-state index in [1.807, 2.05) is 25.1 Å². The maximum absolute atomic E-state index is 11.1. The molecule has 5 heteroatoms. The zero-order valence-electron chi connectivity index (χ0n) is 9.45. The number of aromatic nitrogens is 1. The number of hydrogen-bond donors (Lipinski definition) is 1. The SMILES string of the molecule is CC(=O)c1csc(Nc2cc(Cl)ccc2C)n1. The van der Waals surface area contributed by atoms with Crippen molar-refractivity contribution in [2.45, 2.75) is 13.8 Å². The molecule has 0 atom stereocenters. The zero-order chi connectivity index (χ0) is 12.4. The Kier molecular flexibility index (Phi) is 3.45. The molecule has 1 N–H and O–H groups in total. The van der Waals surface area contributed by atoms with Crippen molar-refractivity contribution in [3.63, 3.8) is 0 Å². The summed E-state index contributed by atoms with van der Waals surface area (Å²) in [6.07, 6.45) is 0. The molecule has 0 fully saturated rings. The lowest BCUT2D eigenvalue weighted by Crippen LogP contribution is -1.95. The van der Waals surface area contributed by atoms with E-state index in [4.69, 9.17) is 11.6 Å². The summed E-state index contributed by atoms with van der Waals surface area (Å²) in [5.74, 6) is -0.0304. The van der Waals surface area contributed by atoms with Crippen LogP contribution in [0, 0.1) is 6.92 Å². The molecule has 2 rings (SSSR count). The van der Waals surface area contributed by atoms with Crippen LogP contribution in [-0.2, 0) is 0 Å². The monoisotopic (exact) mass is 266 g/mol. The van der Waals surface area contributed by atoms with Crippen LogP contribution in [0.5, 0.6) is 0 Å². The largest absolute Gasteiger partial charge is 0.331 e. The van der Waals surface area contributed by atoms with Crippen molar-refractivity contribution < 1.29 is 4.79 Å². The minimum Gasteiger partial charge on any atom is -0.331 e. The third kappa shape index (κ3) is 2.84. The van der Waals surface area contributed by atoms with Gasteiger partial charge in [0.1, 0.15) is 5.69 Å². The molecule has 1 aromatic heterocycles. The highest BCUT2D eigenvalue weighted by molar-refractivity contribution is 7.14. The van der Waals surface area contributed by atoms with Gasteiger partial charge in [-0.25, -0.2) is 4.98 Å². The topological polar surface area (TPSA) is 42.0 Å². The van der Waals surface area contributed by atoms with Crippen LogP contribution in [-0.4, -0.2) is 10.8 Å². The van der Waals surface area contributed by atoms with E-state index in [9.17, 15) is 4.79 Å². The van der Waals surface area contributed by atoms with Crippen molar-refractivity contribution >= 4 is 39.5 Å². The minimum absolute atomic E-state index is 0.0304. The molecule has 1 heterocycles. The predicted octanol–water partition coefficient (Wildman–Crippen LogP) is 4.05. The Morgan fingerprint density at radius 3 is 2.88 bits per heavy atom. The number of aryl methyl sites for hydroxylation is 1. The van der Waals surface area contributed by atoms with Gasteiger partial charge in [-0.1, -0.05) is 17.7 Å². The molecule has 0 aliphatic rings. The van der Waals surface area contributed by atoms with Crippen LogP contribution in [0.25, 0.3) is 0 Å². The number of anilines is 2. The molecule has 88 valence electrons. The van der Waals surface area contributed by atoms with Gasteiger partial charge in [-0.15, -0.1) is 11.3 Å². The summed E-state index contributed by atoms with van der Waals surface area (Å²) < 4.78 is 0. The van der Waals surface area contributed by atoms with Crippen LogP contribution in [0.1, 0.15) is 23.0 Å². The van der Waals surface area contributed by atoms with Crippen molar-refractivity contribution in [2.24, 2.45) is 0 Å². The summed E-state index contributed by atoms with van der Waals surface area (Å²) in [5.41, 5.74) is 2.47. The van der Waals surface area contributed by atoms with Gasteiger partial charge in [-0.3, -0.25) is 4.79 Å². The Balaban J connectivity index is 2.25. The lowest BCUT2D eigenvalue weighted by atomic mass is 10.2. The average Bonchev–Trinajstić information content (AvgIpc) is 2.72. The highest BCUT2D eigenvalue weighted by Crippen LogP contribution is 2.26. The highest BCUT2D eigenvalue weighted by atomic mass is 35.5. The normalized spacial score (nSPS) is 10.3. The Labute approximate surface area is 108 Å². The lowest BCUT2D eigenvalue weighted by Gasteiger charge is -2.06. The van der Waals surface area contributed by atoms with Crippen molar-refractivity contribution in [3.8, 4) is 0 Å². The van der Waals surface area contributed by atoms with Gasteiger partial charge in [0, 0.05) is 23.0 Å². The summed E-state index contributed by atoms with van der Waals surface area (Å²) in [4.78, 5) is 15.3. The minimum atomic E-state index is -0.0304. The van der Waals surface area contributed by atoms with Gasteiger partial charge in [0.15, 0.2) is 10.9 Å². The fourth-order valence-corrected chi connectivity index (χ4v) is 2.27. The maximum atomic E-state index is 11.1. The second-order valence-electron chi connectivity index (χ2n) is 3.68. The number of halogens is 1. The standard InChI is InChI=1S/C12H11ClN2OS/c1-7-3-4-9(13)5-10(7)14-12-15-11(6-17-12)8(2)16/h3-6H,1-2H3,(H,14,15). The summed E-state index contributed by atoms with van der Waals surface area (Å²) in [7, 11) is 0. The van der Waals surface area contributed by atoms with Crippen LogP contribution in [0.2, 0.25) is 5.02 Å².